The number of rotatable bonds is 6. The van der Waals surface area contributed by atoms with Gasteiger partial charge in [-0.15, -0.1) is 0 Å². The summed E-state index contributed by atoms with van der Waals surface area (Å²) < 4.78 is 0. The van der Waals surface area contributed by atoms with Gasteiger partial charge >= 0.3 is 0 Å². The van der Waals surface area contributed by atoms with E-state index >= 15 is 0 Å². The molecule has 2 heteroatoms. The van der Waals surface area contributed by atoms with Crippen LogP contribution >= 0.6 is 0 Å². The maximum atomic E-state index is 5.23. The molecule has 0 bridgehead atoms. The summed E-state index contributed by atoms with van der Waals surface area (Å²) in [4.78, 5) is 10.4. The molecule has 4 aliphatic rings. The number of fused-ring (bicyclic) bond motifs is 6. The smallest absolute Gasteiger partial charge is 0.160 e. The molecule has 0 spiro atoms. The van der Waals surface area contributed by atoms with Gasteiger partial charge in [-0.1, -0.05) is 142 Å². The minimum absolute atomic E-state index is 0.101. The second-order valence-electron chi connectivity index (χ2n) is 15.7. The summed E-state index contributed by atoms with van der Waals surface area (Å²) in [5.41, 5.74) is 20.9. The molecule has 264 valence electrons. The Hall–Kier alpha value is -5.86. The van der Waals surface area contributed by atoms with Crippen molar-refractivity contribution < 1.29 is 0 Å². The second-order valence-corrected chi connectivity index (χ2v) is 15.7. The van der Waals surface area contributed by atoms with Gasteiger partial charge in [0.25, 0.3) is 0 Å². The van der Waals surface area contributed by atoms with Crippen LogP contribution in [0.4, 0.5) is 0 Å². The van der Waals surface area contributed by atoms with E-state index in [9.17, 15) is 0 Å². The average Bonchev–Trinajstić information content (AvgIpc) is 3.53. The number of allylic oxidation sites excluding steroid dienone is 8. The van der Waals surface area contributed by atoms with Gasteiger partial charge in [-0.05, 0) is 142 Å². The molecule has 0 aliphatic heterocycles. The molecule has 0 aromatic heterocycles. The Bertz CT molecular complexity index is 2510. The van der Waals surface area contributed by atoms with Crippen LogP contribution in [0.5, 0.6) is 0 Å². The second kappa shape index (κ2) is 13.8. The first kappa shape index (κ1) is 33.9. The summed E-state index contributed by atoms with van der Waals surface area (Å²) in [7, 11) is 0. The van der Waals surface area contributed by atoms with E-state index in [1.807, 2.05) is 0 Å². The van der Waals surface area contributed by atoms with Crippen LogP contribution < -0.4 is 0 Å². The highest BCUT2D eigenvalue weighted by Gasteiger charge is 2.38. The summed E-state index contributed by atoms with van der Waals surface area (Å²) in [6.07, 6.45) is 18.0. The SMILES string of the molecule is C=C(N=C(N=C(C)c1ccc(-c2ccccc2)cc1)c1cccc(-c2ccc3c(c2)C(C)(C)c2cc4c(cc2-3)C2=CC=CCC=C2C4)c1)C1=CCCCC1. The lowest BCUT2D eigenvalue weighted by Gasteiger charge is -2.22. The zero-order valence-corrected chi connectivity index (χ0v) is 31.6. The molecule has 9 rings (SSSR count). The molecular formula is C52H46N2. The Labute approximate surface area is 320 Å². The fourth-order valence-electron chi connectivity index (χ4n) is 8.76. The van der Waals surface area contributed by atoms with Crippen molar-refractivity contribution in [1.29, 1.82) is 0 Å². The summed E-state index contributed by atoms with van der Waals surface area (Å²) in [5, 5.41) is 0. The van der Waals surface area contributed by atoms with E-state index in [0.29, 0.717) is 5.84 Å². The Morgan fingerprint density at radius 1 is 0.667 bits per heavy atom. The lowest BCUT2D eigenvalue weighted by atomic mass is 9.81. The molecule has 0 N–H and O–H groups in total. The van der Waals surface area contributed by atoms with Crippen LogP contribution in [0.25, 0.3) is 39.0 Å². The molecule has 0 unspecified atom stereocenters. The molecule has 5 aromatic rings. The van der Waals surface area contributed by atoms with E-state index in [0.717, 1.165) is 53.8 Å². The van der Waals surface area contributed by atoms with E-state index in [4.69, 9.17) is 9.98 Å². The molecular weight excluding hydrogens is 653 g/mol. The Morgan fingerprint density at radius 2 is 1.43 bits per heavy atom. The first-order valence-electron chi connectivity index (χ1n) is 19.5. The van der Waals surface area contributed by atoms with Crippen molar-refractivity contribution >= 4 is 17.1 Å². The van der Waals surface area contributed by atoms with Gasteiger partial charge in [0.1, 0.15) is 0 Å². The van der Waals surface area contributed by atoms with Gasteiger partial charge in [-0.2, -0.15) is 0 Å². The zero-order chi connectivity index (χ0) is 36.8. The number of hydrogen-bond acceptors (Lipinski definition) is 1. The fourth-order valence-corrected chi connectivity index (χ4v) is 8.76. The minimum atomic E-state index is -0.101. The minimum Gasteiger partial charge on any atom is -0.233 e. The number of aliphatic imine (C=N–C) groups is 2. The van der Waals surface area contributed by atoms with Crippen LogP contribution in [0, 0.1) is 0 Å². The lowest BCUT2D eigenvalue weighted by molar-refractivity contribution is 0.660. The lowest BCUT2D eigenvalue weighted by Crippen LogP contribution is -2.15. The predicted molar refractivity (Wildman–Crippen MR) is 229 cm³/mol. The summed E-state index contributed by atoms with van der Waals surface area (Å²) >= 11 is 0. The molecule has 0 fully saturated rings. The zero-order valence-electron chi connectivity index (χ0n) is 31.6. The van der Waals surface area contributed by atoms with Crippen LogP contribution in [0.1, 0.15) is 86.3 Å². The van der Waals surface area contributed by atoms with Gasteiger partial charge in [0.15, 0.2) is 5.84 Å². The largest absolute Gasteiger partial charge is 0.233 e. The molecule has 54 heavy (non-hydrogen) atoms. The first-order chi connectivity index (χ1) is 26.3. The van der Waals surface area contributed by atoms with E-state index in [-0.39, 0.29) is 5.41 Å². The van der Waals surface area contributed by atoms with Crippen molar-refractivity contribution in [3.05, 3.63) is 196 Å². The third-order valence-corrected chi connectivity index (χ3v) is 11.9. The molecule has 0 heterocycles. The van der Waals surface area contributed by atoms with Gasteiger partial charge in [0.2, 0.25) is 0 Å². The highest BCUT2D eigenvalue weighted by atomic mass is 14.9. The van der Waals surface area contributed by atoms with Crippen molar-refractivity contribution in [1.82, 2.24) is 0 Å². The summed E-state index contributed by atoms with van der Waals surface area (Å²) in [6.45, 7) is 11.3. The van der Waals surface area contributed by atoms with Crippen LogP contribution in [0.2, 0.25) is 0 Å². The molecule has 0 radical (unpaired) electrons. The van der Waals surface area contributed by atoms with Crippen LogP contribution in [0.15, 0.2) is 173 Å². The highest BCUT2D eigenvalue weighted by molar-refractivity contribution is 6.12. The monoisotopic (exact) mass is 698 g/mol. The standard InChI is InChI=1S/C52H46N2/c1-34(36-15-8-5-9-16-36)53-51(54-35(2)37-23-25-39(26-24-37)38-17-10-6-11-18-38)43-21-14-20-40(29-43)41-27-28-46-48-33-47-44(30-42-19-12-7-13-22-45(42)47)32-50(48)52(3,4)49(46)31-41/h6-7,10-11,13-15,17-29,31-33H,1,5,8-9,12,16,30H2,2-4H3. The van der Waals surface area contributed by atoms with E-state index in [1.165, 1.54) is 79.6 Å². The summed E-state index contributed by atoms with van der Waals surface area (Å²) in [5.74, 6) is 0.692. The highest BCUT2D eigenvalue weighted by Crippen LogP contribution is 2.53. The number of hydrogen-bond donors (Lipinski definition) is 0. The Kier molecular flexibility index (Phi) is 8.70. The van der Waals surface area contributed by atoms with E-state index in [2.05, 4.69) is 167 Å². The van der Waals surface area contributed by atoms with E-state index < -0.39 is 0 Å². The van der Waals surface area contributed by atoms with Crippen molar-refractivity contribution in [2.45, 2.75) is 64.7 Å². The van der Waals surface area contributed by atoms with Crippen molar-refractivity contribution in [2.24, 2.45) is 9.98 Å². The predicted octanol–water partition coefficient (Wildman–Crippen LogP) is 13.4. The Balaban J connectivity index is 1.07. The maximum absolute atomic E-state index is 5.23. The van der Waals surface area contributed by atoms with Crippen molar-refractivity contribution in [2.75, 3.05) is 0 Å². The van der Waals surface area contributed by atoms with E-state index in [1.54, 1.807) is 0 Å². The van der Waals surface area contributed by atoms with Gasteiger partial charge < -0.3 is 0 Å². The normalized spacial score (nSPS) is 17.1. The molecule has 0 saturated carbocycles. The van der Waals surface area contributed by atoms with Gasteiger partial charge in [0, 0.05) is 16.7 Å². The quantitative estimate of drug-likeness (QED) is 0.125. The fraction of sp³-hybridized carbons (Fsp3) is 0.192. The molecule has 4 aliphatic carbocycles. The molecule has 0 amide bonds. The molecule has 0 saturated heterocycles. The maximum Gasteiger partial charge on any atom is 0.160 e. The molecule has 5 aromatic carbocycles. The third kappa shape index (κ3) is 6.20. The number of amidine groups is 1. The van der Waals surface area contributed by atoms with Crippen molar-refractivity contribution in [3.63, 3.8) is 0 Å². The van der Waals surface area contributed by atoms with Crippen molar-refractivity contribution in [3.8, 4) is 33.4 Å². The van der Waals surface area contributed by atoms with Gasteiger partial charge in [-0.3, -0.25) is 0 Å². The van der Waals surface area contributed by atoms with Gasteiger partial charge in [-0.25, -0.2) is 9.98 Å². The first-order valence-corrected chi connectivity index (χ1v) is 19.5. The average molecular weight is 699 g/mol. The summed E-state index contributed by atoms with van der Waals surface area (Å²) in [6, 6.07) is 39.9. The van der Waals surface area contributed by atoms with Crippen LogP contribution in [0.3, 0.4) is 0 Å². The molecule has 0 atom stereocenters. The third-order valence-electron chi connectivity index (χ3n) is 11.9. The molecule has 2 nitrogen and oxygen atoms in total. The number of benzene rings is 5. The Morgan fingerprint density at radius 3 is 2.24 bits per heavy atom. The van der Waals surface area contributed by atoms with Crippen LogP contribution in [-0.4, -0.2) is 11.5 Å². The number of nitrogens with zero attached hydrogens (tertiary/aromatic N) is 2. The van der Waals surface area contributed by atoms with Crippen LogP contribution in [-0.2, 0) is 11.8 Å². The topological polar surface area (TPSA) is 24.7 Å². The van der Waals surface area contributed by atoms with Gasteiger partial charge in [0.05, 0.1) is 5.70 Å².